The molecule has 0 unspecified atom stereocenters. The fourth-order valence-corrected chi connectivity index (χ4v) is 4.57. The second-order valence-electron chi connectivity index (χ2n) is 6.61. The van der Waals surface area contributed by atoms with E-state index >= 15 is 0 Å². The lowest BCUT2D eigenvalue weighted by atomic mass is 10.0. The van der Waals surface area contributed by atoms with Crippen molar-refractivity contribution >= 4 is 29.1 Å². The summed E-state index contributed by atoms with van der Waals surface area (Å²) >= 11 is 7.53. The normalized spacial score (nSPS) is 13.0. The van der Waals surface area contributed by atoms with Crippen molar-refractivity contribution < 1.29 is 4.79 Å². The summed E-state index contributed by atoms with van der Waals surface area (Å²) in [5.74, 6) is 1.25. The Morgan fingerprint density at radius 2 is 2.00 bits per heavy atom. The van der Waals surface area contributed by atoms with Gasteiger partial charge in [-0.3, -0.25) is 4.79 Å². The standard InChI is InChI=1S/C21H20ClN3OS/c1-2-25-20(17-7-4-8-18(22)12-17)23-24-21(25)27-13-19(26)16-10-9-14-5-3-6-15(14)11-16/h4,7-12H,2-3,5-6,13H2,1H3. The summed E-state index contributed by atoms with van der Waals surface area (Å²) in [6.07, 6.45) is 3.40. The third-order valence-corrected chi connectivity index (χ3v) is 6.07. The molecule has 4 nitrogen and oxygen atoms in total. The first-order valence-electron chi connectivity index (χ1n) is 9.12. The first-order valence-corrected chi connectivity index (χ1v) is 10.5. The molecule has 0 spiro atoms. The van der Waals surface area contributed by atoms with Crippen molar-refractivity contribution in [2.45, 2.75) is 37.9 Å². The zero-order chi connectivity index (χ0) is 18.8. The Morgan fingerprint density at radius 1 is 1.15 bits per heavy atom. The van der Waals surface area contributed by atoms with Crippen LogP contribution in [0.25, 0.3) is 11.4 Å². The van der Waals surface area contributed by atoms with Crippen LogP contribution in [0.3, 0.4) is 0 Å². The van der Waals surface area contributed by atoms with Crippen LogP contribution in [0.4, 0.5) is 0 Å². The Labute approximate surface area is 168 Å². The molecular weight excluding hydrogens is 378 g/mol. The highest BCUT2D eigenvalue weighted by Gasteiger charge is 2.17. The maximum atomic E-state index is 12.6. The highest BCUT2D eigenvalue weighted by atomic mass is 35.5. The maximum Gasteiger partial charge on any atom is 0.191 e. The zero-order valence-electron chi connectivity index (χ0n) is 15.1. The number of benzene rings is 2. The van der Waals surface area contributed by atoms with Crippen molar-refractivity contribution in [3.8, 4) is 11.4 Å². The first kappa shape index (κ1) is 18.3. The Kier molecular flexibility index (Phi) is 5.32. The van der Waals surface area contributed by atoms with Crippen molar-refractivity contribution in [3.63, 3.8) is 0 Å². The van der Waals surface area contributed by atoms with Gasteiger partial charge in [0.2, 0.25) is 0 Å². The summed E-state index contributed by atoms with van der Waals surface area (Å²) in [7, 11) is 0. The monoisotopic (exact) mass is 397 g/mol. The smallest absolute Gasteiger partial charge is 0.191 e. The molecule has 0 atom stereocenters. The Bertz CT molecular complexity index is 999. The molecular formula is C21H20ClN3OS. The lowest BCUT2D eigenvalue weighted by Crippen LogP contribution is -2.06. The van der Waals surface area contributed by atoms with Crippen LogP contribution in [0, 0.1) is 0 Å². The van der Waals surface area contributed by atoms with E-state index in [0.29, 0.717) is 10.8 Å². The van der Waals surface area contributed by atoms with Crippen LogP contribution in [0.1, 0.15) is 34.8 Å². The molecule has 27 heavy (non-hydrogen) atoms. The number of ketones is 1. The van der Waals surface area contributed by atoms with E-state index in [0.717, 1.165) is 41.5 Å². The predicted molar refractivity (Wildman–Crippen MR) is 110 cm³/mol. The van der Waals surface area contributed by atoms with Gasteiger partial charge < -0.3 is 4.57 Å². The number of halogens is 1. The third-order valence-electron chi connectivity index (χ3n) is 4.87. The van der Waals surface area contributed by atoms with Crippen molar-refractivity contribution in [2.75, 3.05) is 5.75 Å². The molecule has 4 rings (SSSR count). The SMILES string of the molecule is CCn1c(SCC(=O)c2ccc3c(c2)CCC3)nnc1-c1cccc(Cl)c1. The van der Waals surface area contributed by atoms with Crippen molar-refractivity contribution in [2.24, 2.45) is 0 Å². The number of nitrogens with zero attached hydrogens (tertiary/aromatic N) is 3. The highest BCUT2D eigenvalue weighted by Crippen LogP contribution is 2.27. The molecule has 0 saturated carbocycles. The largest absolute Gasteiger partial charge is 0.302 e. The molecule has 0 bridgehead atoms. The van der Waals surface area contributed by atoms with Gasteiger partial charge in [0.15, 0.2) is 16.8 Å². The second-order valence-corrected chi connectivity index (χ2v) is 7.99. The number of hydrogen-bond donors (Lipinski definition) is 0. The van der Waals surface area contributed by atoms with Crippen molar-refractivity contribution in [1.82, 2.24) is 14.8 Å². The van der Waals surface area contributed by atoms with Crippen LogP contribution in [-0.4, -0.2) is 26.3 Å². The zero-order valence-corrected chi connectivity index (χ0v) is 16.7. The van der Waals surface area contributed by atoms with E-state index in [1.165, 1.54) is 29.3 Å². The van der Waals surface area contributed by atoms with Gasteiger partial charge in [-0.2, -0.15) is 0 Å². The first-order chi connectivity index (χ1) is 13.2. The summed E-state index contributed by atoms with van der Waals surface area (Å²) in [5.41, 5.74) is 4.43. The number of fused-ring (bicyclic) bond motifs is 1. The van der Waals surface area contributed by atoms with Crippen LogP contribution >= 0.6 is 23.4 Å². The molecule has 1 aromatic heterocycles. The Balaban J connectivity index is 1.51. The number of rotatable bonds is 6. The molecule has 0 radical (unpaired) electrons. The van der Waals surface area contributed by atoms with Crippen LogP contribution in [-0.2, 0) is 19.4 Å². The van der Waals surface area contributed by atoms with Crippen LogP contribution in [0.2, 0.25) is 5.02 Å². The van der Waals surface area contributed by atoms with E-state index in [1.807, 2.05) is 41.8 Å². The summed E-state index contributed by atoms with van der Waals surface area (Å²) in [4.78, 5) is 12.6. The second kappa shape index (κ2) is 7.87. The molecule has 0 aliphatic heterocycles. The highest BCUT2D eigenvalue weighted by molar-refractivity contribution is 7.99. The van der Waals surface area contributed by atoms with Gasteiger partial charge in [0, 0.05) is 22.7 Å². The van der Waals surface area contributed by atoms with Crippen LogP contribution < -0.4 is 0 Å². The Morgan fingerprint density at radius 3 is 2.81 bits per heavy atom. The molecule has 0 N–H and O–H groups in total. The van der Waals surface area contributed by atoms with Crippen molar-refractivity contribution in [1.29, 1.82) is 0 Å². The molecule has 1 aliphatic rings. The number of aromatic nitrogens is 3. The molecule has 0 amide bonds. The Hall–Kier alpha value is -2.11. The minimum absolute atomic E-state index is 0.129. The van der Waals surface area contributed by atoms with Gasteiger partial charge in [-0.25, -0.2) is 0 Å². The topological polar surface area (TPSA) is 47.8 Å². The van der Waals surface area contributed by atoms with E-state index in [-0.39, 0.29) is 5.78 Å². The summed E-state index contributed by atoms with van der Waals surface area (Å²) in [6, 6.07) is 13.7. The average molecular weight is 398 g/mol. The molecule has 6 heteroatoms. The number of aryl methyl sites for hydroxylation is 2. The van der Waals surface area contributed by atoms with Gasteiger partial charge in [-0.1, -0.05) is 47.6 Å². The fraction of sp³-hybridized carbons (Fsp3) is 0.286. The lowest BCUT2D eigenvalue weighted by Gasteiger charge is -2.08. The molecule has 2 aromatic carbocycles. The van der Waals surface area contributed by atoms with Gasteiger partial charge >= 0.3 is 0 Å². The quantitative estimate of drug-likeness (QED) is 0.429. The summed E-state index contributed by atoms with van der Waals surface area (Å²) in [5, 5.41) is 10.0. The third kappa shape index (κ3) is 3.80. The van der Waals surface area contributed by atoms with Gasteiger partial charge in [0.25, 0.3) is 0 Å². The van der Waals surface area contributed by atoms with Gasteiger partial charge in [0.05, 0.1) is 5.75 Å². The van der Waals surface area contributed by atoms with Crippen LogP contribution in [0.5, 0.6) is 0 Å². The molecule has 0 saturated heterocycles. The summed E-state index contributed by atoms with van der Waals surface area (Å²) < 4.78 is 2.02. The minimum Gasteiger partial charge on any atom is -0.302 e. The molecule has 1 aliphatic carbocycles. The minimum atomic E-state index is 0.129. The van der Waals surface area contributed by atoms with E-state index < -0.39 is 0 Å². The number of thioether (sulfide) groups is 1. The number of carbonyl (C=O) groups is 1. The summed E-state index contributed by atoms with van der Waals surface area (Å²) in [6.45, 7) is 2.77. The van der Waals surface area contributed by atoms with Gasteiger partial charge in [-0.15, -0.1) is 10.2 Å². The predicted octanol–water partition coefficient (Wildman–Crippen LogP) is 5.08. The lowest BCUT2D eigenvalue weighted by molar-refractivity contribution is 0.102. The fourth-order valence-electron chi connectivity index (χ4n) is 3.48. The van der Waals surface area contributed by atoms with Crippen molar-refractivity contribution in [3.05, 3.63) is 64.2 Å². The van der Waals surface area contributed by atoms with Gasteiger partial charge in [-0.05, 0) is 55.5 Å². The van der Waals surface area contributed by atoms with E-state index in [1.54, 1.807) is 0 Å². The number of carbonyl (C=O) groups excluding carboxylic acids is 1. The molecule has 1 heterocycles. The van der Waals surface area contributed by atoms with E-state index in [2.05, 4.69) is 22.3 Å². The number of hydrogen-bond acceptors (Lipinski definition) is 4. The van der Waals surface area contributed by atoms with E-state index in [9.17, 15) is 4.79 Å². The average Bonchev–Trinajstić information content (AvgIpc) is 3.31. The molecule has 138 valence electrons. The van der Waals surface area contributed by atoms with Gasteiger partial charge in [0.1, 0.15) is 0 Å². The van der Waals surface area contributed by atoms with E-state index in [4.69, 9.17) is 11.6 Å². The maximum absolute atomic E-state index is 12.6. The molecule has 0 fully saturated rings. The molecule has 3 aromatic rings. The van der Waals surface area contributed by atoms with Crippen LogP contribution in [0.15, 0.2) is 47.6 Å². The number of Topliss-reactive ketones (excluding diaryl/α,β-unsaturated/α-hetero) is 1.